The van der Waals surface area contributed by atoms with Gasteiger partial charge in [0.25, 0.3) is 0 Å². The molecule has 0 saturated heterocycles. The van der Waals surface area contributed by atoms with E-state index in [1.807, 2.05) is 6.26 Å². The molecule has 3 nitrogen and oxygen atoms in total. The summed E-state index contributed by atoms with van der Waals surface area (Å²) < 4.78 is 3.18. The monoisotopic (exact) mass is 202 g/mol. The van der Waals surface area contributed by atoms with Crippen molar-refractivity contribution in [2.45, 2.75) is 31.7 Å². The summed E-state index contributed by atoms with van der Waals surface area (Å²) in [5, 5.41) is 2.71. The maximum absolute atomic E-state index is 11.5. The lowest BCUT2D eigenvalue weighted by molar-refractivity contribution is -0.123. The van der Waals surface area contributed by atoms with E-state index in [-0.39, 0.29) is 11.9 Å². The van der Waals surface area contributed by atoms with Crippen LogP contribution < -0.4 is 10.0 Å². The molecule has 0 aromatic rings. The molecule has 1 atom stereocenters. The smallest absolute Gasteiger partial charge is 0.238 e. The highest BCUT2D eigenvalue weighted by molar-refractivity contribution is 7.96. The summed E-state index contributed by atoms with van der Waals surface area (Å²) in [6.45, 7) is 0. The second kappa shape index (κ2) is 5.50. The van der Waals surface area contributed by atoms with Gasteiger partial charge in [-0.15, -0.1) is 0 Å². The van der Waals surface area contributed by atoms with E-state index in [0.29, 0.717) is 5.92 Å². The van der Waals surface area contributed by atoms with Crippen molar-refractivity contribution in [2.75, 3.05) is 13.3 Å². The van der Waals surface area contributed by atoms with Crippen LogP contribution in [0.5, 0.6) is 0 Å². The summed E-state index contributed by atoms with van der Waals surface area (Å²) in [5.74, 6) is 0.661. The van der Waals surface area contributed by atoms with Crippen molar-refractivity contribution >= 4 is 17.9 Å². The molecular formula is C9H18N2OS. The minimum atomic E-state index is 0.00231. The fourth-order valence-electron chi connectivity index (χ4n) is 1.94. The highest BCUT2D eigenvalue weighted by atomic mass is 32.2. The number of carbonyl (C=O) groups is 1. The fraction of sp³-hybridized carbons (Fsp3) is 0.889. The van der Waals surface area contributed by atoms with Crippen molar-refractivity contribution in [3.05, 3.63) is 0 Å². The van der Waals surface area contributed by atoms with E-state index in [0.717, 1.165) is 0 Å². The van der Waals surface area contributed by atoms with E-state index < -0.39 is 0 Å². The van der Waals surface area contributed by atoms with E-state index in [1.54, 1.807) is 7.05 Å². The summed E-state index contributed by atoms with van der Waals surface area (Å²) in [4.78, 5) is 11.5. The third-order valence-corrected chi connectivity index (χ3v) is 3.13. The van der Waals surface area contributed by atoms with Crippen LogP contribution in [0, 0.1) is 5.92 Å². The number of likely N-dealkylation sites (N-methyl/N-ethyl adjacent to an activating group) is 1. The number of hydrogen-bond acceptors (Lipinski definition) is 3. The lowest BCUT2D eigenvalue weighted by Crippen LogP contribution is -2.44. The van der Waals surface area contributed by atoms with E-state index in [9.17, 15) is 4.79 Å². The van der Waals surface area contributed by atoms with E-state index >= 15 is 0 Å². The normalized spacial score (nSPS) is 20.2. The quantitative estimate of drug-likeness (QED) is 0.672. The van der Waals surface area contributed by atoms with Gasteiger partial charge in [-0.3, -0.25) is 9.52 Å². The lowest BCUT2D eigenvalue weighted by atomic mass is 9.98. The van der Waals surface area contributed by atoms with E-state index in [4.69, 9.17) is 0 Å². The molecule has 1 aliphatic carbocycles. The molecule has 4 heteroatoms. The summed E-state index contributed by atoms with van der Waals surface area (Å²) in [6, 6.07) is 0.00231. The molecule has 0 aromatic carbocycles. The molecule has 1 amide bonds. The number of rotatable bonds is 4. The molecule has 0 spiro atoms. The van der Waals surface area contributed by atoms with Gasteiger partial charge in [-0.05, 0) is 25.0 Å². The molecular weight excluding hydrogens is 184 g/mol. The maximum atomic E-state index is 11.5. The Morgan fingerprint density at radius 1 is 1.46 bits per heavy atom. The first-order chi connectivity index (χ1) is 6.29. The van der Waals surface area contributed by atoms with Gasteiger partial charge in [-0.2, -0.15) is 0 Å². The second-order valence-electron chi connectivity index (χ2n) is 3.46. The number of nitrogens with one attached hydrogen (secondary N) is 2. The molecule has 0 aromatic heterocycles. The molecule has 0 bridgehead atoms. The topological polar surface area (TPSA) is 41.1 Å². The van der Waals surface area contributed by atoms with E-state index in [2.05, 4.69) is 10.0 Å². The van der Waals surface area contributed by atoms with E-state index in [1.165, 1.54) is 37.6 Å². The van der Waals surface area contributed by atoms with Crippen LogP contribution in [0.3, 0.4) is 0 Å². The Morgan fingerprint density at radius 2 is 2.08 bits per heavy atom. The second-order valence-corrected chi connectivity index (χ2v) is 4.10. The van der Waals surface area contributed by atoms with Gasteiger partial charge in [0.05, 0.1) is 6.04 Å². The van der Waals surface area contributed by atoms with Crippen molar-refractivity contribution in [1.29, 1.82) is 0 Å². The van der Waals surface area contributed by atoms with Crippen LogP contribution in [0.1, 0.15) is 25.7 Å². The Balaban J connectivity index is 2.49. The molecule has 2 N–H and O–H groups in total. The van der Waals surface area contributed by atoms with Crippen molar-refractivity contribution in [3.63, 3.8) is 0 Å². The Hall–Kier alpha value is -0.220. The predicted octanol–water partition coefficient (Wildman–Crippen LogP) is 1.16. The van der Waals surface area contributed by atoms with Crippen LogP contribution in [0.2, 0.25) is 0 Å². The molecule has 0 radical (unpaired) electrons. The van der Waals surface area contributed by atoms with Crippen molar-refractivity contribution in [1.82, 2.24) is 10.0 Å². The van der Waals surface area contributed by atoms with Crippen LogP contribution in [0.4, 0.5) is 0 Å². The van der Waals surface area contributed by atoms with Crippen molar-refractivity contribution in [2.24, 2.45) is 5.92 Å². The van der Waals surface area contributed by atoms with Gasteiger partial charge in [0.1, 0.15) is 0 Å². The molecule has 0 aliphatic heterocycles. The highest BCUT2D eigenvalue weighted by Gasteiger charge is 2.29. The lowest BCUT2D eigenvalue weighted by Gasteiger charge is -2.21. The first-order valence-corrected chi connectivity index (χ1v) is 6.02. The van der Waals surface area contributed by atoms with Crippen LogP contribution in [-0.4, -0.2) is 25.3 Å². The molecule has 1 saturated carbocycles. The number of hydrogen-bond donors (Lipinski definition) is 2. The van der Waals surface area contributed by atoms with Gasteiger partial charge in [-0.1, -0.05) is 24.8 Å². The van der Waals surface area contributed by atoms with Crippen LogP contribution in [-0.2, 0) is 4.79 Å². The number of carbonyl (C=O) groups excluding carboxylic acids is 1. The zero-order chi connectivity index (χ0) is 9.68. The zero-order valence-corrected chi connectivity index (χ0v) is 9.12. The Kier molecular flexibility index (Phi) is 4.59. The molecule has 1 aliphatic rings. The Labute approximate surface area is 84.2 Å². The fourth-order valence-corrected chi connectivity index (χ4v) is 2.49. The van der Waals surface area contributed by atoms with Gasteiger partial charge in [0, 0.05) is 7.05 Å². The first-order valence-electron chi connectivity index (χ1n) is 4.79. The Morgan fingerprint density at radius 3 is 2.54 bits per heavy atom. The van der Waals surface area contributed by atoms with Crippen LogP contribution in [0.25, 0.3) is 0 Å². The molecule has 1 rings (SSSR count). The minimum Gasteiger partial charge on any atom is -0.358 e. The summed E-state index contributed by atoms with van der Waals surface area (Å²) in [7, 11) is 1.70. The van der Waals surface area contributed by atoms with Gasteiger partial charge < -0.3 is 5.32 Å². The molecule has 1 fully saturated rings. The molecule has 13 heavy (non-hydrogen) atoms. The summed E-state index contributed by atoms with van der Waals surface area (Å²) in [5.41, 5.74) is 0. The van der Waals surface area contributed by atoms with Crippen LogP contribution >= 0.6 is 11.9 Å². The standard InChI is InChI=1S/C9H18N2OS/c1-10-9(12)8(11-13-2)7-5-3-4-6-7/h7-8,11H,3-6H2,1-2H3,(H,10,12)/t8-/m0/s1. The minimum absolute atomic E-state index is 0.00231. The first kappa shape index (κ1) is 10.9. The van der Waals surface area contributed by atoms with Crippen LogP contribution in [0.15, 0.2) is 0 Å². The zero-order valence-electron chi connectivity index (χ0n) is 8.30. The predicted molar refractivity (Wildman–Crippen MR) is 56.5 cm³/mol. The molecule has 0 unspecified atom stereocenters. The maximum Gasteiger partial charge on any atom is 0.238 e. The third-order valence-electron chi connectivity index (χ3n) is 2.64. The number of amides is 1. The van der Waals surface area contributed by atoms with Gasteiger partial charge >= 0.3 is 0 Å². The largest absolute Gasteiger partial charge is 0.358 e. The van der Waals surface area contributed by atoms with Crippen molar-refractivity contribution < 1.29 is 4.79 Å². The third kappa shape index (κ3) is 2.88. The van der Waals surface area contributed by atoms with Gasteiger partial charge in [-0.25, -0.2) is 0 Å². The summed E-state index contributed by atoms with van der Waals surface area (Å²) in [6.07, 6.45) is 6.88. The SMILES string of the molecule is CNC(=O)[C@@H](NSC)C1CCCC1. The molecule has 76 valence electrons. The van der Waals surface area contributed by atoms with Gasteiger partial charge in [0.15, 0.2) is 0 Å². The average Bonchev–Trinajstić information content (AvgIpc) is 2.65. The average molecular weight is 202 g/mol. The Bertz CT molecular complexity index is 169. The highest BCUT2D eigenvalue weighted by Crippen LogP contribution is 2.28. The summed E-state index contributed by atoms with van der Waals surface area (Å²) >= 11 is 1.53. The van der Waals surface area contributed by atoms with Gasteiger partial charge in [0.2, 0.25) is 5.91 Å². The van der Waals surface area contributed by atoms with Crippen molar-refractivity contribution in [3.8, 4) is 0 Å². The molecule has 0 heterocycles.